The van der Waals surface area contributed by atoms with E-state index in [0.717, 1.165) is 0 Å². The topological polar surface area (TPSA) is 0 Å². The van der Waals surface area contributed by atoms with Gasteiger partial charge in [-0.25, -0.2) is 0 Å². The molecule has 0 aliphatic heterocycles. The van der Waals surface area contributed by atoms with Gasteiger partial charge >= 0.3 is 0 Å². The third-order valence-electron chi connectivity index (χ3n) is 10.6. The van der Waals surface area contributed by atoms with E-state index in [4.69, 9.17) is 0 Å². The molecule has 0 heteroatoms. The van der Waals surface area contributed by atoms with E-state index in [-0.39, 0.29) is 21.7 Å². The first-order chi connectivity index (χ1) is 17.8. The molecule has 3 aliphatic rings. The minimum Gasteiger partial charge on any atom is -0.0619 e. The second-order valence-corrected chi connectivity index (χ2v) is 16.8. The van der Waals surface area contributed by atoms with Crippen molar-refractivity contribution in [1.82, 2.24) is 0 Å². The summed E-state index contributed by atoms with van der Waals surface area (Å²) in [6.07, 6.45) is 5.10. The molecule has 0 saturated carbocycles. The predicted octanol–water partition coefficient (Wildman–Crippen LogP) is 11.4. The zero-order valence-corrected chi connectivity index (χ0v) is 27.5. The van der Waals surface area contributed by atoms with E-state index in [1.807, 2.05) is 0 Å². The molecule has 0 bridgehead atoms. The standard InChI is InChI=1S/C39H54/c1-22(2)39(21-25(5)27-17-26(18-34(27)39)36(6,7)8)35-30-15-23(3)32(37(9,10)11)19-28(30)29-20-33(38(12,13)14)24(4)16-31(29)35/h15-16,18-20,22,25,35H,17,21H2,1-14H3. The molecule has 0 N–H and O–H groups in total. The van der Waals surface area contributed by atoms with Crippen molar-refractivity contribution in [1.29, 1.82) is 0 Å². The zero-order valence-electron chi connectivity index (χ0n) is 27.5. The van der Waals surface area contributed by atoms with Gasteiger partial charge in [0, 0.05) is 11.3 Å². The summed E-state index contributed by atoms with van der Waals surface area (Å²) in [5.41, 5.74) is 17.6. The lowest BCUT2D eigenvalue weighted by atomic mass is 9.59. The van der Waals surface area contributed by atoms with Crippen LogP contribution in [0.2, 0.25) is 0 Å². The number of fused-ring (bicyclic) bond motifs is 3. The van der Waals surface area contributed by atoms with Crippen LogP contribution in [0.15, 0.2) is 47.1 Å². The summed E-state index contributed by atoms with van der Waals surface area (Å²) in [5, 5.41) is 0. The van der Waals surface area contributed by atoms with E-state index < -0.39 is 0 Å². The smallest absolute Gasteiger partial charge is 0.0201 e. The van der Waals surface area contributed by atoms with Gasteiger partial charge in [0.15, 0.2) is 0 Å². The van der Waals surface area contributed by atoms with Crippen molar-refractivity contribution < 1.29 is 0 Å². The minimum atomic E-state index is 0.118. The maximum Gasteiger partial charge on any atom is 0.0201 e. The van der Waals surface area contributed by atoms with Crippen molar-refractivity contribution in [3.8, 4) is 11.1 Å². The van der Waals surface area contributed by atoms with E-state index in [1.165, 1.54) is 46.2 Å². The Morgan fingerprint density at radius 1 is 0.718 bits per heavy atom. The number of allylic oxidation sites excluding steroid dienone is 4. The first-order valence-electron chi connectivity index (χ1n) is 15.5. The van der Waals surface area contributed by atoms with Crippen LogP contribution < -0.4 is 0 Å². The molecule has 5 rings (SSSR count). The fourth-order valence-electron chi connectivity index (χ4n) is 8.61. The highest BCUT2D eigenvalue weighted by molar-refractivity contribution is 5.83. The lowest BCUT2D eigenvalue weighted by molar-refractivity contribution is 0.201. The van der Waals surface area contributed by atoms with Crippen LogP contribution in [0.25, 0.3) is 11.1 Å². The van der Waals surface area contributed by atoms with Crippen LogP contribution in [0.4, 0.5) is 0 Å². The maximum absolute atomic E-state index is 2.67. The molecule has 0 aromatic heterocycles. The van der Waals surface area contributed by atoms with Gasteiger partial charge < -0.3 is 0 Å². The van der Waals surface area contributed by atoms with Crippen molar-refractivity contribution in [3.63, 3.8) is 0 Å². The van der Waals surface area contributed by atoms with Gasteiger partial charge in [0.05, 0.1) is 0 Å². The number of hydrogen-bond donors (Lipinski definition) is 0. The quantitative estimate of drug-likeness (QED) is 0.368. The number of rotatable bonds is 2. The molecule has 2 atom stereocenters. The van der Waals surface area contributed by atoms with Crippen molar-refractivity contribution in [2.24, 2.45) is 22.7 Å². The Balaban J connectivity index is 1.85. The van der Waals surface area contributed by atoms with E-state index in [1.54, 1.807) is 27.8 Å². The van der Waals surface area contributed by atoms with Crippen LogP contribution in [-0.2, 0) is 10.8 Å². The van der Waals surface area contributed by atoms with Crippen molar-refractivity contribution in [2.45, 2.75) is 127 Å². The van der Waals surface area contributed by atoms with Gasteiger partial charge in [-0.2, -0.15) is 0 Å². The first-order valence-corrected chi connectivity index (χ1v) is 15.5. The van der Waals surface area contributed by atoms with Crippen molar-refractivity contribution in [2.75, 3.05) is 0 Å². The van der Waals surface area contributed by atoms with E-state index in [0.29, 0.717) is 17.8 Å². The highest BCUT2D eigenvalue weighted by Crippen LogP contribution is 2.67. The van der Waals surface area contributed by atoms with Crippen LogP contribution in [0.1, 0.15) is 135 Å². The van der Waals surface area contributed by atoms with Gasteiger partial charge in [0.25, 0.3) is 0 Å². The molecule has 2 aromatic carbocycles. The highest BCUT2D eigenvalue weighted by atomic mass is 14.6. The van der Waals surface area contributed by atoms with Gasteiger partial charge in [-0.1, -0.05) is 125 Å². The van der Waals surface area contributed by atoms with E-state index in [2.05, 4.69) is 127 Å². The van der Waals surface area contributed by atoms with Crippen molar-refractivity contribution in [3.05, 3.63) is 80.4 Å². The van der Waals surface area contributed by atoms with Crippen molar-refractivity contribution >= 4 is 0 Å². The highest BCUT2D eigenvalue weighted by Gasteiger charge is 2.55. The molecule has 2 unspecified atom stereocenters. The Kier molecular flexibility index (Phi) is 6.35. The first kappa shape index (κ1) is 28.4. The van der Waals surface area contributed by atoms with Crippen LogP contribution >= 0.6 is 0 Å². The lowest BCUT2D eigenvalue weighted by Gasteiger charge is -2.43. The molecule has 210 valence electrons. The molecular weight excluding hydrogens is 468 g/mol. The molecule has 3 aliphatic carbocycles. The second kappa shape index (κ2) is 8.71. The van der Waals surface area contributed by atoms with Crippen LogP contribution in [0, 0.1) is 36.5 Å². The molecule has 0 heterocycles. The Bertz CT molecular complexity index is 1330. The Hall–Kier alpha value is -2.08. The molecule has 0 amide bonds. The zero-order chi connectivity index (χ0) is 29.0. The number of aryl methyl sites for hydroxylation is 2. The summed E-state index contributed by atoms with van der Waals surface area (Å²) in [5.74, 6) is 1.58. The van der Waals surface area contributed by atoms with Gasteiger partial charge in [-0.05, 0) is 105 Å². The fraction of sp³-hybridized carbons (Fsp3) is 0.590. The second-order valence-electron chi connectivity index (χ2n) is 16.8. The third-order valence-corrected chi connectivity index (χ3v) is 10.6. The SMILES string of the molecule is Cc1cc2c(cc1C(C)(C)C)-c1cc(C(C)(C)C)c(C)cc1C2C1(C(C)C)CC(C)C2=C1C=C(C(C)(C)C)C2. The summed E-state index contributed by atoms with van der Waals surface area (Å²) in [6.45, 7) is 33.6. The molecular formula is C39H54. The summed E-state index contributed by atoms with van der Waals surface area (Å²) >= 11 is 0. The summed E-state index contributed by atoms with van der Waals surface area (Å²) in [7, 11) is 0. The average Bonchev–Trinajstić information content (AvgIpc) is 3.41. The van der Waals surface area contributed by atoms with E-state index >= 15 is 0 Å². The lowest BCUT2D eigenvalue weighted by Crippen LogP contribution is -2.34. The number of benzene rings is 2. The monoisotopic (exact) mass is 522 g/mol. The normalized spacial score (nSPS) is 23.5. The minimum absolute atomic E-state index is 0.118. The van der Waals surface area contributed by atoms with Gasteiger partial charge in [0.2, 0.25) is 0 Å². The van der Waals surface area contributed by atoms with Gasteiger partial charge in [-0.15, -0.1) is 0 Å². The molecule has 0 fully saturated rings. The van der Waals surface area contributed by atoms with E-state index in [9.17, 15) is 0 Å². The summed E-state index contributed by atoms with van der Waals surface area (Å²) in [6, 6.07) is 10.4. The Morgan fingerprint density at radius 2 is 1.18 bits per heavy atom. The van der Waals surface area contributed by atoms with Gasteiger partial charge in [-0.3, -0.25) is 0 Å². The summed E-state index contributed by atoms with van der Waals surface area (Å²) in [4.78, 5) is 0. The molecule has 0 spiro atoms. The van der Waals surface area contributed by atoms with Crippen LogP contribution in [0.3, 0.4) is 0 Å². The fourth-order valence-corrected chi connectivity index (χ4v) is 8.61. The Labute approximate surface area is 240 Å². The predicted molar refractivity (Wildman–Crippen MR) is 171 cm³/mol. The molecule has 0 nitrogen and oxygen atoms in total. The maximum atomic E-state index is 2.67. The van der Waals surface area contributed by atoms with Gasteiger partial charge in [0.1, 0.15) is 0 Å². The van der Waals surface area contributed by atoms with Crippen LogP contribution in [-0.4, -0.2) is 0 Å². The Morgan fingerprint density at radius 3 is 1.56 bits per heavy atom. The molecule has 2 aromatic rings. The molecule has 39 heavy (non-hydrogen) atoms. The average molecular weight is 523 g/mol. The third kappa shape index (κ3) is 4.22. The molecule has 0 radical (unpaired) electrons. The largest absolute Gasteiger partial charge is 0.0619 e. The summed E-state index contributed by atoms with van der Waals surface area (Å²) < 4.78 is 0. The van der Waals surface area contributed by atoms with Crippen LogP contribution in [0.5, 0.6) is 0 Å². The number of hydrogen-bond acceptors (Lipinski definition) is 0. The molecule has 0 saturated heterocycles.